The lowest BCUT2D eigenvalue weighted by atomic mass is 10.2. The second-order valence-electron chi connectivity index (χ2n) is 3.72. The highest BCUT2D eigenvalue weighted by atomic mass is 32.2. The molecule has 0 heterocycles. The monoisotopic (exact) mass is 294 g/mol. The predicted molar refractivity (Wildman–Crippen MR) is 86.9 cm³/mol. The first-order chi connectivity index (χ1) is 9.41. The number of nitrogens with one attached hydrogen (secondary N) is 2. The van der Waals surface area contributed by atoms with E-state index >= 15 is 0 Å². The van der Waals surface area contributed by atoms with Gasteiger partial charge in [-0.1, -0.05) is 32.2 Å². The molecule has 0 radical (unpaired) electrons. The third-order valence-corrected chi connectivity index (χ3v) is 3.10. The lowest BCUT2D eigenvalue weighted by Crippen LogP contribution is -2.15. The van der Waals surface area contributed by atoms with Gasteiger partial charge in [-0.15, -0.1) is 0 Å². The molecule has 0 fully saturated rings. The van der Waals surface area contributed by atoms with Crippen LogP contribution < -0.4 is 10.0 Å². The van der Waals surface area contributed by atoms with Gasteiger partial charge in [0, 0.05) is 18.9 Å². The normalized spacial score (nSPS) is 10.1. The molecule has 5 heteroatoms. The fourth-order valence-electron chi connectivity index (χ4n) is 1.28. The minimum Gasteiger partial charge on any atom is -0.379 e. The van der Waals surface area contributed by atoms with Crippen LogP contribution in [0.15, 0.2) is 0 Å². The fraction of sp³-hybridized carbons (Fsp3) is 1.00. The summed E-state index contributed by atoms with van der Waals surface area (Å²) in [6, 6.07) is 0. The average Bonchev–Trinajstić information content (AvgIpc) is 2.46. The molecule has 118 valence electrons. The van der Waals surface area contributed by atoms with Crippen molar-refractivity contribution in [2.45, 2.75) is 40.0 Å². The molecule has 0 aliphatic carbocycles. The van der Waals surface area contributed by atoms with Gasteiger partial charge >= 0.3 is 0 Å². The first-order valence-electron chi connectivity index (χ1n) is 7.56. The zero-order valence-corrected chi connectivity index (χ0v) is 14.1. The molecular formula is C14H34N2O2S. The van der Waals surface area contributed by atoms with E-state index in [1.807, 2.05) is 27.8 Å². The van der Waals surface area contributed by atoms with Crippen molar-refractivity contribution in [3.05, 3.63) is 0 Å². The summed E-state index contributed by atoms with van der Waals surface area (Å²) in [6.07, 6.45) is 3.86. The molecule has 0 spiro atoms. The van der Waals surface area contributed by atoms with Crippen LogP contribution >= 0.6 is 11.9 Å². The molecule has 0 saturated carbocycles. The first kappa shape index (κ1) is 21.5. The lowest BCUT2D eigenvalue weighted by Gasteiger charge is -2.06. The second-order valence-corrected chi connectivity index (χ2v) is 4.70. The van der Waals surface area contributed by atoms with Gasteiger partial charge in [0.25, 0.3) is 0 Å². The molecule has 4 nitrogen and oxygen atoms in total. The van der Waals surface area contributed by atoms with Crippen LogP contribution in [0.2, 0.25) is 0 Å². The Morgan fingerprint density at radius 1 is 0.895 bits per heavy atom. The molecule has 0 aromatic heterocycles. The molecular weight excluding hydrogens is 260 g/mol. The zero-order valence-electron chi connectivity index (χ0n) is 13.3. The van der Waals surface area contributed by atoms with Gasteiger partial charge in [0.15, 0.2) is 0 Å². The molecule has 0 unspecified atom stereocenters. The Balaban J connectivity index is 0. The number of rotatable bonds is 14. The van der Waals surface area contributed by atoms with E-state index in [1.165, 1.54) is 25.0 Å². The highest BCUT2D eigenvalue weighted by Gasteiger charge is 1.91. The average molecular weight is 295 g/mol. The molecule has 0 aromatic rings. The molecule has 0 amide bonds. The minimum absolute atomic E-state index is 0.699. The summed E-state index contributed by atoms with van der Waals surface area (Å²) in [7, 11) is 2.00. The van der Waals surface area contributed by atoms with Crippen molar-refractivity contribution in [1.29, 1.82) is 0 Å². The van der Waals surface area contributed by atoms with E-state index < -0.39 is 0 Å². The lowest BCUT2D eigenvalue weighted by molar-refractivity contribution is 0.0554. The van der Waals surface area contributed by atoms with Gasteiger partial charge in [-0.05, 0) is 33.4 Å². The van der Waals surface area contributed by atoms with Gasteiger partial charge in [-0.25, -0.2) is 0 Å². The number of unbranched alkanes of at least 4 members (excludes halogenated alkanes) is 2. The summed E-state index contributed by atoms with van der Waals surface area (Å²) < 4.78 is 13.9. The first-order valence-corrected chi connectivity index (χ1v) is 8.55. The van der Waals surface area contributed by atoms with Gasteiger partial charge in [0.2, 0.25) is 0 Å². The van der Waals surface area contributed by atoms with E-state index in [9.17, 15) is 0 Å². The van der Waals surface area contributed by atoms with Crippen LogP contribution in [0, 0.1) is 0 Å². The van der Waals surface area contributed by atoms with Crippen LogP contribution in [0.3, 0.4) is 0 Å². The molecule has 0 aliphatic heterocycles. The van der Waals surface area contributed by atoms with Gasteiger partial charge < -0.3 is 14.8 Å². The van der Waals surface area contributed by atoms with Gasteiger partial charge in [0.05, 0.1) is 19.8 Å². The van der Waals surface area contributed by atoms with Crippen LogP contribution in [0.1, 0.15) is 40.0 Å². The summed E-state index contributed by atoms with van der Waals surface area (Å²) in [5.41, 5.74) is 0. The maximum absolute atomic E-state index is 5.39. The van der Waals surface area contributed by atoms with Gasteiger partial charge in [-0.2, -0.15) is 0 Å². The van der Waals surface area contributed by atoms with Crippen molar-refractivity contribution in [1.82, 2.24) is 10.0 Å². The Morgan fingerprint density at radius 3 is 2.32 bits per heavy atom. The fourth-order valence-corrected chi connectivity index (χ4v) is 2.00. The van der Waals surface area contributed by atoms with E-state index in [1.54, 1.807) is 11.9 Å². The summed E-state index contributed by atoms with van der Waals surface area (Å²) in [6.45, 7) is 11.0. The smallest absolute Gasteiger partial charge is 0.0701 e. The molecule has 0 rings (SSSR count). The van der Waals surface area contributed by atoms with Crippen molar-refractivity contribution in [3.8, 4) is 0 Å². The van der Waals surface area contributed by atoms with Crippen LogP contribution in [-0.4, -0.2) is 52.3 Å². The Morgan fingerprint density at radius 2 is 1.63 bits per heavy atom. The zero-order chi connectivity index (χ0) is 14.6. The van der Waals surface area contributed by atoms with Crippen molar-refractivity contribution >= 4 is 11.9 Å². The quantitative estimate of drug-likeness (QED) is 0.381. The predicted octanol–water partition coefficient (Wildman–Crippen LogP) is 2.69. The summed E-state index contributed by atoms with van der Waals surface area (Å²) in [5, 5.41) is 3.16. The summed E-state index contributed by atoms with van der Waals surface area (Å²) in [5.74, 6) is 1.18. The standard InChI is InChI=1S/C12H28N2O2S.C2H6/c1-3-15-10-11-16-9-8-14-17-12-6-4-5-7-13-2;1-2/h13-14H,3-12H2,1-2H3;1-2H3. The van der Waals surface area contributed by atoms with E-state index in [-0.39, 0.29) is 0 Å². The third-order valence-electron chi connectivity index (χ3n) is 2.20. The van der Waals surface area contributed by atoms with Crippen molar-refractivity contribution in [3.63, 3.8) is 0 Å². The van der Waals surface area contributed by atoms with E-state index in [2.05, 4.69) is 10.0 Å². The molecule has 0 aromatic carbocycles. The molecule has 0 bridgehead atoms. The van der Waals surface area contributed by atoms with Crippen LogP contribution in [0.25, 0.3) is 0 Å². The van der Waals surface area contributed by atoms with E-state index in [0.29, 0.717) is 13.2 Å². The van der Waals surface area contributed by atoms with Gasteiger partial charge in [-0.3, -0.25) is 4.72 Å². The highest BCUT2D eigenvalue weighted by Crippen LogP contribution is 2.01. The molecule has 0 aliphatic rings. The third kappa shape index (κ3) is 23.7. The Hall–Kier alpha value is 0.190. The van der Waals surface area contributed by atoms with Crippen LogP contribution in [-0.2, 0) is 9.47 Å². The molecule has 19 heavy (non-hydrogen) atoms. The minimum atomic E-state index is 0.699. The summed E-state index contributed by atoms with van der Waals surface area (Å²) >= 11 is 1.80. The second kappa shape index (κ2) is 23.3. The van der Waals surface area contributed by atoms with Crippen molar-refractivity contribution < 1.29 is 9.47 Å². The van der Waals surface area contributed by atoms with E-state index in [0.717, 1.165) is 26.3 Å². The van der Waals surface area contributed by atoms with Crippen molar-refractivity contribution in [2.75, 3.05) is 52.3 Å². The molecule has 0 saturated heterocycles. The number of hydrogen-bond donors (Lipinski definition) is 2. The largest absolute Gasteiger partial charge is 0.379 e. The maximum Gasteiger partial charge on any atom is 0.0701 e. The summed E-state index contributed by atoms with van der Waals surface area (Å²) in [4.78, 5) is 0. The highest BCUT2D eigenvalue weighted by molar-refractivity contribution is 7.97. The Labute approximate surface area is 124 Å². The topological polar surface area (TPSA) is 42.5 Å². The number of ether oxygens (including phenoxy) is 2. The maximum atomic E-state index is 5.39. The van der Waals surface area contributed by atoms with Gasteiger partial charge in [0.1, 0.15) is 0 Å². The molecule has 0 atom stereocenters. The van der Waals surface area contributed by atoms with E-state index in [4.69, 9.17) is 9.47 Å². The van der Waals surface area contributed by atoms with Crippen molar-refractivity contribution in [2.24, 2.45) is 0 Å². The SMILES string of the molecule is CC.CCOCCOCCNSCCCCCNC. The Kier molecular flexibility index (Phi) is 26.3. The Bertz CT molecular complexity index is 127. The van der Waals surface area contributed by atoms with Crippen LogP contribution in [0.5, 0.6) is 0 Å². The molecule has 2 N–H and O–H groups in total. The van der Waals surface area contributed by atoms with Crippen LogP contribution in [0.4, 0.5) is 0 Å². The number of hydrogen-bond acceptors (Lipinski definition) is 5.